The summed E-state index contributed by atoms with van der Waals surface area (Å²) in [6.07, 6.45) is 0.950. The Kier molecular flexibility index (Phi) is 13.4. The number of rotatable bonds is 10. The average Bonchev–Trinajstić information content (AvgIpc) is 2.58. The molecule has 1 rings (SSSR count). The summed E-state index contributed by atoms with van der Waals surface area (Å²) in [6, 6.07) is 5.91. The topological polar surface area (TPSA) is 64.1 Å². The minimum Gasteiger partial charge on any atom is -0.493 e. The van der Waals surface area contributed by atoms with Crippen LogP contribution in [0.2, 0.25) is 0 Å². The van der Waals surface area contributed by atoms with E-state index < -0.39 is 0 Å². The maximum Gasteiger partial charge on any atom is 0.191 e. The van der Waals surface area contributed by atoms with E-state index in [1.807, 2.05) is 32.0 Å². The predicted octanol–water partition coefficient (Wildman–Crippen LogP) is 2.80. The maximum atomic E-state index is 5.59. The van der Waals surface area contributed by atoms with Crippen molar-refractivity contribution in [1.82, 2.24) is 10.6 Å². The van der Waals surface area contributed by atoms with Gasteiger partial charge in [0.1, 0.15) is 0 Å². The van der Waals surface area contributed by atoms with Crippen LogP contribution in [0.4, 0.5) is 0 Å². The van der Waals surface area contributed by atoms with Gasteiger partial charge in [-0.1, -0.05) is 6.07 Å². The highest BCUT2D eigenvalue weighted by atomic mass is 127. The molecule has 0 aliphatic carbocycles. The average molecular weight is 451 g/mol. The minimum absolute atomic E-state index is 0. The quantitative estimate of drug-likeness (QED) is 0.248. The number of hydrogen-bond acceptors (Lipinski definition) is 4. The molecule has 2 N–H and O–H groups in total. The Morgan fingerprint density at radius 3 is 2.54 bits per heavy atom. The van der Waals surface area contributed by atoms with E-state index >= 15 is 0 Å². The Bertz CT molecular complexity index is 484. The van der Waals surface area contributed by atoms with Gasteiger partial charge < -0.3 is 24.8 Å². The molecular formula is C17H30IN3O3. The molecule has 0 fully saturated rings. The monoisotopic (exact) mass is 451 g/mol. The van der Waals surface area contributed by atoms with Crippen LogP contribution in [-0.4, -0.2) is 46.5 Å². The lowest BCUT2D eigenvalue weighted by molar-refractivity contribution is 0.145. The lowest BCUT2D eigenvalue weighted by Crippen LogP contribution is -2.37. The third-order valence-corrected chi connectivity index (χ3v) is 3.17. The van der Waals surface area contributed by atoms with Crippen molar-refractivity contribution >= 4 is 29.9 Å². The van der Waals surface area contributed by atoms with Crippen LogP contribution in [0, 0.1) is 0 Å². The number of halogens is 1. The second-order valence-electron chi connectivity index (χ2n) is 4.82. The van der Waals surface area contributed by atoms with Crippen molar-refractivity contribution in [1.29, 1.82) is 0 Å². The number of aliphatic imine (C=N–C) groups is 1. The van der Waals surface area contributed by atoms with Gasteiger partial charge in [0.25, 0.3) is 0 Å². The van der Waals surface area contributed by atoms with Crippen LogP contribution in [0.1, 0.15) is 25.8 Å². The summed E-state index contributed by atoms with van der Waals surface area (Å²) in [6.45, 7) is 7.57. The molecule has 0 aliphatic rings. The van der Waals surface area contributed by atoms with Gasteiger partial charge >= 0.3 is 0 Å². The Morgan fingerprint density at radius 2 is 1.92 bits per heavy atom. The Morgan fingerprint density at radius 1 is 1.12 bits per heavy atom. The summed E-state index contributed by atoms with van der Waals surface area (Å²) in [4.78, 5) is 4.21. The number of guanidine groups is 1. The van der Waals surface area contributed by atoms with Gasteiger partial charge in [-0.05, 0) is 38.0 Å². The molecule has 0 atom stereocenters. The molecule has 0 saturated heterocycles. The lowest BCUT2D eigenvalue weighted by Gasteiger charge is -2.14. The van der Waals surface area contributed by atoms with Gasteiger partial charge in [0, 0.05) is 33.4 Å². The predicted molar refractivity (Wildman–Crippen MR) is 109 cm³/mol. The summed E-state index contributed by atoms with van der Waals surface area (Å²) in [5, 5.41) is 6.55. The Hall–Kier alpha value is -1.22. The smallest absolute Gasteiger partial charge is 0.191 e. The van der Waals surface area contributed by atoms with Crippen LogP contribution in [0.5, 0.6) is 11.5 Å². The molecule has 24 heavy (non-hydrogen) atoms. The zero-order valence-electron chi connectivity index (χ0n) is 15.1. The van der Waals surface area contributed by atoms with Gasteiger partial charge in [-0.3, -0.25) is 4.99 Å². The van der Waals surface area contributed by atoms with E-state index in [0.717, 1.165) is 49.2 Å². The van der Waals surface area contributed by atoms with Crippen molar-refractivity contribution in [3.05, 3.63) is 23.8 Å². The fraction of sp³-hybridized carbons (Fsp3) is 0.588. The summed E-state index contributed by atoms with van der Waals surface area (Å²) in [5.41, 5.74) is 1.10. The third-order valence-electron chi connectivity index (χ3n) is 3.17. The van der Waals surface area contributed by atoms with Gasteiger partial charge in [0.15, 0.2) is 17.5 Å². The maximum absolute atomic E-state index is 5.59. The number of benzene rings is 1. The number of nitrogens with zero attached hydrogens (tertiary/aromatic N) is 1. The molecule has 0 aromatic heterocycles. The molecule has 0 saturated carbocycles. The molecule has 1 aromatic carbocycles. The van der Waals surface area contributed by atoms with Gasteiger partial charge in [-0.15, -0.1) is 24.0 Å². The first kappa shape index (κ1) is 22.8. The number of ether oxygens (including phenoxy) is 3. The van der Waals surface area contributed by atoms with Crippen LogP contribution in [-0.2, 0) is 11.3 Å². The summed E-state index contributed by atoms with van der Waals surface area (Å²) in [5.74, 6) is 2.28. The molecule has 0 unspecified atom stereocenters. The van der Waals surface area contributed by atoms with Crippen LogP contribution in [0.15, 0.2) is 23.2 Å². The molecule has 6 nitrogen and oxygen atoms in total. The first-order valence-corrected chi connectivity index (χ1v) is 8.07. The minimum atomic E-state index is 0. The van der Waals surface area contributed by atoms with E-state index in [1.165, 1.54) is 0 Å². The molecular weight excluding hydrogens is 421 g/mol. The number of methoxy groups -OCH3 is 1. The van der Waals surface area contributed by atoms with Gasteiger partial charge in [0.05, 0.1) is 13.7 Å². The van der Waals surface area contributed by atoms with E-state index in [4.69, 9.17) is 14.2 Å². The van der Waals surface area contributed by atoms with Crippen molar-refractivity contribution in [2.75, 3.05) is 40.5 Å². The van der Waals surface area contributed by atoms with Crippen molar-refractivity contribution in [3.8, 4) is 11.5 Å². The van der Waals surface area contributed by atoms with E-state index in [-0.39, 0.29) is 24.0 Å². The van der Waals surface area contributed by atoms with E-state index in [0.29, 0.717) is 13.2 Å². The molecule has 7 heteroatoms. The number of nitrogens with one attached hydrogen (secondary N) is 2. The van der Waals surface area contributed by atoms with Crippen LogP contribution >= 0.6 is 24.0 Å². The van der Waals surface area contributed by atoms with Crippen molar-refractivity contribution in [3.63, 3.8) is 0 Å². The molecule has 0 heterocycles. The molecule has 138 valence electrons. The molecule has 0 bridgehead atoms. The zero-order valence-corrected chi connectivity index (χ0v) is 17.4. The van der Waals surface area contributed by atoms with Crippen LogP contribution in [0.25, 0.3) is 0 Å². The SMILES string of the molecule is CCOCCCNC(=NC)NCc1ccc(OC)c(OCC)c1.I. The Balaban J connectivity index is 0.00000529. The fourth-order valence-corrected chi connectivity index (χ4v) is 2.03. The van der Waals surface area contributed by atoms with Crippen molar-refractivity contribution < 1.29 is 14.2 Å². The van der Waals surface area contributed by atoms with Gasteiger partial charge in [-0.25, -0.2) is 0 Å². The second kappa shape index (κ2) is 14.2. The van der Waals surface area contributed by atoms with E-state index in [2.05, 4.69) is 15.6 Å². The summed E-state index contributed by atoms with van der Waals surface area (Å²) >= 11 is 0. The third kappa shape index (κ3) is 8.58. The fourth-order valence-electron chi connectivity index (χ4n) is 2.03. The summed E-state index contributed by atoms with van der Waals surface area (Å²) < 4.78 is 16.2. The zero-order chi connectivity index (χ0) is 16.9. The van der Waals surface area contributed by atoms with Crippen molar-refractivity contribution in [2.45, 2.75) is 26.8 Å². The highest BCUT2D eigenvalue weighted by Gasteiger charge is 2.06. The van der Waals surface area contributed by atoms with Crippen molar-refractivity contribution in [2.24, 2.45) is 4.99 Å². The first-order valence-electron chi connectivity index (χ1n) is 8.07. The Labute approximate surface area is 162 Å². The molecule has 0 spiro atoms. The van der Waals surface area contributed by atoms with Crippen LogP contribution in [0.3, 0.4) is 0 Å². The van der Waals surface area contributed by atoms with Crippen LogP contribution < -0.4 is 20.1 Å². The first-order chi connectivity index (χ1) is 11.2. The molecule has 0 radical (unpaired) electrons. The van der Waals surface area contributed by atoms with Gasteiger partial charge in [-0.2, -0.15) is 0 Å². The van der Waals surface area contributed by atoms with E-state index in [1.54, 1.807) is 14.2 Å². The van der Waals surface area contributed by atoms with Gasteiger partial charge in [0.2, 0.25) is 0 Å². The summed E-state index contributed by atoms with van der Waals surface area (Å²) in [7, 11) is 3.40. The largest absolute Gasteiger partial charge is 0.493 e. The standard InChI is InChI=1S/C17H29N3O3.HI/c1-5-22-11-7-10-19-17(18-3)20-13-14-8-9-15(21-4)16(12-14)23-6-2;/h8-9,12H,5-7,10-11,13H2,1-4H3,(H2,18,19,20);1H. The highest BCUT2D eigenvalue weighted by Crippen LogP contribution is 2.27. The molecule has 0 aliphatic heterocycles. The number of hydrogen-bond donors (Lipinski definition) is 2. The lowest BCUT2D eigenvalue weighted by atomic mass is 10.2. The molecule has 1 aromatic rings. The highest BCUT2D eigenvalue weighted by molar-refractivity contribution is 14.0. The van der Waals surface area contributed by atoms with E-state index in [9.17, 15) is 0 Å². The molecule has 0 amide bonds. The normalized spacial score (nSPS) is 10.8. The second-order valence-corrected chi connectivity index (χ2v) is 4.82.